The molecule has 0 spiro atoms. The molecule has 2 aromatic carbocycles. The maximum absolute atomic E-state index is 13.7. The van der Waals surface area contributed by atoms with Gasteiger partial charge in [-0.05, 0) is 42.3 Å². The number of aromatic amines is 1. The number of fused-ring (bicyclic) bond motifs is 1. The number of nitrogens with one attached hydrogen (secondary N) is 1. The van der Waals surface area contributed by atoms with Crippen molar-refractivity contribution in [3.05, 3.63) is 81.0 Å². The number of H-pyrrole nitrogens is 1. The van der Waals surface area contributed by atoms with E-state index in [1.807, 2.05) is 0 Å². The van der Waals surface area contributed by atoms with Crippen molar-refractivity contribution in [2.45, 2.75) is 32.0 Å². The summed E-state index contributed by atoms with van der Waals surface area (Å²) in [6.45, 7) is 1.57. The summed E-state index contributed by atoms with van der Waals surface area (Å²) in [6, 6.07) is 8.58. The van der Waals surface area contributed by atoms with Crippen LogP contribution in [0.15, 0.2) is 47.3 Å². The van der Waals surface area contributed by atoms with Crippen molar-refractivity contribution in [2.75, 3.05) is 14.2 Å². The Bertz CT molecular complexity index is 1450. The Hall–Kier alpha value is -3.96. The zero-order chi connectivity index (χ0) is 26.2. The van der Waals surface area contributed by atoms with Gasteiger partial charge in [0.25, 0.3) is 12.0 Å². The minimum atomic E-state index is -4.52. The molecule has 0 saturated carbocycles. The van der Waals surface area contributed by atoms with Gasteiger partial charge in [-0.15, -0.1) is 0 Å². The lowest BCUT2D eigenvalue weighted by Crippen LogP contribution is -2.15. The molecular weight excluding hydrogens is 487 g/mol. The molecule has 4 rings (SSSR count). The molecule has 0 aliphatic heterocycles. The van der Waals surface area contributed by atoms with Gasteiger partial charge in [-0.25, -0.2) is 18.4 Å². The van der Waals surface area contributed by atoms with Crippen LogP contribution in [0.2, 0.25) is 0 Å². The zero-order valence-electron chi connectivity index (χ0n) is 19.4. The van der Waals surface area contributed by atoms with Crippen LogP contribution >= 0.6 is 0 Å². The topological polar surface area (TPSA) is 82.0 Å². The fourth-order valence-electron chi connectivity index (χ4n) is 3.90. The van der Waals surface area contributed by atoms with E-state index in [0.717, 1.165) is 16.8 Å². The molecule has 0 bridgehead atoms. The first-order chi connectivity index (χ1) is 17.0. The molecule has 4 aromatic rings. The van der Waals surface area contributed by atoms with Crippen molar-refractivity contribution in [3.8, 4) is 11.5 Å². The van der Waals surface area contributed by atoms with E-state index in [1.54, 1.807) is 25.1 Å². The van der Waals surface area contributed by atoms with Crippen molar-refractivity contribution < 1.29 is 31.4 Å². The van der Waals surface area contributed by atoms with Gasteiger partial charge in [0.05, 0.1) is 25.8 Å². The maximum atomic E-state index is 13.7. The average Bonchev–Trinajstić information content (AvgIpc) is 3.23. The van der Waals surface area contributed by atoms with E-state index in [9.17, 15) is 26.7 Å². The molecule has 0 saturated heterocycles. The summed E-state index contributed by atoms with van der Waals surface area (Å²) in [4.78, 5) is 19.7. The standard InChI is InChI=1S/C24H21F5N4O3/c1-12(14-5-7-15(8-6-14)24(27,28)29)33-22-19(20(32-33)21(25)26)23(34)31-18(30-22)11-13-4-9-16(35-2)17(10-13)36-3/h4-10,12,21H,11H2,1-3H3,(H,30,31,34)/t12-/m1/s1. The van der Waals surface area contributed by atoms with Crippen LogP contribution in [0.1, 0.15) is 47.6 Å². The number of methoxy groups -OCH3 is 2. The fourth-order valence-corrected chi connectivity index (χ4v) is 3.90. The summed E-state index contributed by atoms with van der Waals surface area (Å²) in [5, 5.41) is 3.55. The Morgan fingerprint density at radius 2 is 1.69 bits per heavy atom. The summed E-state index contributed by atoms with van der Waals surface area (Å²) in [5.74, 6) is 1.14. The molecule has 0 unspecified atom stereocenters. The van der Waals surface area contributed by atoms with Gasteiger partial charge in [0.1, 0.15) is 16.9 Å². The first kappa shape index (κ1) is 25.1. The van der Waals surface area contributed by atoms with E-state index >= 15 is 0 Å². The zero-order valence-corrected chi connectivity index (χ0v) is 19.4. The predicted octanol–water partition coefficient (Wildman–Crippen LogP) is 5.29. The van der Waals surface area contributed by atoms with Crippen LogP contribution in [0.5, 0.6) is 11.5 Å². The highest BCUT2D eigenvalue weighted by Gasteiger charge is 2.31. The number of ether oxygens (including phenoxy) is 2. The van der Waals surface area contributed by atoms with E-state index in [2.05, 4.69) is 15.1 Å². The molecule has 0 aliphatic carbocycles. The first-order valence-corrected chi connectivity index (χ1v) is 10.7. The van der Waals surface area contributed by atoms with Crippen molar-refractivity contribution >= 4 is 11.0 Å². The fraction of sp³-hybridized carbons (Fsp3) is 0.292. The number of halogens is 5. The van der Waals surface area contributed by atoms with Crippen LogP contribution in [0.3, 0.4) is 0 Å². The van der Waals surface area contributed by atoms with Crippen LogP contribution in [0.4, 0.5) is 22.0 Å². The summed E-state index contributed by atoms with van der Waals surface area (Å²) in [7, 11) is 2.96. The van der Waals surface area contributed by atoms with Crippen LogP contribution in [0.25, 0.3) is 11.0 Å². The third-order valence-electron chi connectivity index (χ3n) is 5.75. The minimum Gasteiger partial charge on any atom is -0.493 e. The van der Waals surface area contributed by atoms with Gasteiger partial charge in [-0.2, -0.15) is 18.3 Å². The third kappa shape index (κ3) is 4.75. The molecule has 190 valence electrons. The Balaban J connectivity index is 1.79. The summed E-state index contributed by atoms with van der Waals surface area (Å²) in [5.41, 5.74) is -1.42. The molecule has 0 amide bonds. The van der Waals surface area contributed by atoms with Crippen LogP contribution in [-0.2, 0) is 12.6 Å². The van der Waals surface area contributed by atoms with Crippen LogP contribution < -0.4 is 15.0 Å². The van der Waals surface area contributed by atoms with E-state index < -0.39 is 35.5 Å². The predicted molar refractivity (Wildman–Crippen MR) is 121 cm³/mol. The lowest BCUT2D eigenvalue weighted by Gasteiger charge is -2.15. The molecule has 2 heterocycles. The van der Waals surface area contributed by atoms with Gasteiger partial charge in [-0.1, -0.05) is 18.2 Å². The summed E-state index contributed by atoms with van der Waals surface area (Å²) < 4.78 is 77.9. The molecule has 0 aliphatic rings. The van der Waals surface area contributed by atoms with Gasteiger partial charge in [0.2, 0.25) is 0 Å². The van der Waals surface area contributed by atoms with E-state index in [4.69, 9.17) is 9.47 Å². The maximum Gasteiger partial charge on any atom is 0.416 e. The van der Waals surface area contributed by atoms with Crippen molar-refractivity contribution in [1.29, 1.82) is 0 Å². The number of nitrogens with zero attached hydrogens (tertiary/aromatic N) is 3. The highest BCUT2D eigenvalue weighted by atomic mass is 19.4. The van der Waals surface area contributed by atoms with Crippen LogP contribution in [0, 0.1) is 0 Å². The van der Waals surface area contributed by atoms with Crippen molar-refractivity contribution in [1.82, 2.24) is 19.7 Å². The second kappa shape index (κ2) is 9.59. The Labute approximate surface area is 201 Å². The molecule has 2 aromatic heterocycles. The number of aromatic nitrogens is 4. The Kier molecular flexibility index (Phi) is 6.70. The third-order valence-corrected chi connectivity index (χ3v) is 5.75. The van der Waals surface area contributed by atoms with E-state index in [1.165, 1.54) is 26.4 Å². The number of alkyl halides is 5. The Morgan fingerprint density at radius 1 is 1.03 bits per heavy atom. The molecule has 0 radical (unpaired) electrons. The lowest BCUT2D eigenvalue weighted by atomic mass is 10.1. The average molecular weight is 508 g/mol. The smallest absolute Gasteiger partial charge is 0.416 e. The summed E-state index contributed by atoms with van der Waals surface area (Å²) >= 11 is 0. The van der Waals surface area contributed by atoms with Crippen molar-refractivity contribution in [2.24, 2.45) is 0 Å². The monoisotopic (exact) mass is 508 g/mol. The molecule has 1 N–H and O–H groups in total. The number of benzene rings is 2. The molecule has 1 atom stereocenters. The Morgan fingerprint density at radius 3 is 2.28 bits per heavy atom. The quantitative estimate of drug-likeness (QED) is 0.343. The van der Waals surface area contributed by atoms with Gasteiger partial charge >= 0.3 is 6.18 Å². The molecule has 7 nitrogen and oxygen atoms in total. The highest BCUT2D eigenvalue weighted by molar-refractivity contribution is 5.78. The molecule has 12 heteroatoms. The van der Waals surface area contributed by atoms with Gasteiger partial charge in [0, 0.05) is 6.42 Å². The lowest BCUT2D eigenvalue weighted by molar-refractivity contribution is -0.137. The van der Waals surface area contributed by atoms with E-state index in [0.29, 0.717) is 22.6 Å². The normalized spacial score (nSPS) is 12.8. The van der Waals surface area contributed by atoms with Gasteiger partial charge in [-0.3, -0.25) is 4.79 Å². The molecule has 0 fully saturated rings. The number of hydrogen-bond donors (Lipinski definition) is 1. The highest BCUT2D eigenvalue weighted by Crippen LogP contribution is 2.32. The van der Waals surface area contributed by atoms with Gasteiger partial charge in [0.15, 0.2) is 17.1 Å². The van der Waals surface area contributed by atoms with Crippen LogP contribution in [-0.4, -0.2) is 34.0 Å². The first-order valence-electron chi connectivity index (χ1n) is 10.7. The molecular formula is C24H21F5N4O3. The van der Waals surface area contributed by atoms with Crippen molar-refractivity contribution in [3.63, 3.8) is 0 Å². The largest absolute Gasteiger partial charge is 0.493 e. The number of hydrogen-bond acceptors (Lipinski definition) is 5. The SMILES string of the molecule is COc1ccc(Cc2nc3c(c(C(F)F)nn3[C@H](C)c3ccc(C(F)(F)F)cc3)c(=O)[nH]2)cc1OC. The second-order valence-electron chi connectivity index (χ2n) is 8.00. The van der Waals surface area contributed by atoms with Gasteiger partial charge < -0.3 is 14.5 Å². The van der Waals surface area contributed by atoms with E-state index in [-0.39, 0.29) is 23.3 Å². The minimum absolute atomic E-state index is 0.100. The summed E-state index contributed by atoms with van der Waals surface area (Å²) in [6.07, 6.45) is -7.44. The molecule has 36 heavy (non-hydrogen) atoms. The number of rotatable bonds is 7. The second-order valence-corrected chi connectivity index (χ2v) is 8.00.